The van der Waals surface area contributed by atoms with Crippen LogP contribution >= 0.6 is 11.3 Å². The van der Waals surface area contributed by atoms with E-state index in [1.807, 2.05) is 5.38 Å². The van der Waals surface area contributed by atoms with Crippen molar-refractivity contribution in [2.24, 2.45) is 0 Å². The van der Waals surface area contributed by atoms with E-state index in [-0.39, 0.29) is 18.0 Å². The number of nitrogens with one attached hydrogen (secondary N) is 1. The summed E-state index contributed by atoms with van der Waals surface area (Å²) in [6.45, 7) is 1.46. The van der Waals surface area contributed by atoms with Gasteiger partial charge in [-0.2, -0.15) is 0 Å². The first-order valence-electron chi connectivity index (χ1n) is 8.92. The van der Waals surface area contributed by atoms with Crippen molar-refractivity contribution in [3.8, 4) is 11.5 Å². The number of benzene rings is 1. The van der Waals surface area contributed by atoms with Gasteiger partial charge in [0.1, 0.15) is 6.61 Å². The van der Waals surface area contributed by atoms with Crippen LogP contribution in [0.3, 0.4) is 0 Å². The summed E-state index contributed by atoms with van der Waals surface area (Å²) in [4.78, 5) is 29.9. The number of carbonyl (C=O) groups excluding carboxylic acids is 2. The summed E-state index contributed by atoms with van der Waals surface area (Å²) in [5.41, 5.74) is 3.08. The lowest BCUT2D eigenvalue weighted by Gasteiger charge is -2.31. The highest BCUT2D eigenvalue weighted by molar-refractivity contribution is 7.07. The molecule has 9 heteroatoms. The Bertz CT molecular complexity index is 804. The number of rotatable bonds is 6. The number of thiazole rings is 1. The maximum atomic E-state index is 12.6. The predicted molar refractivity (Wildman–Crippen MR) is 104 cm³/mol. The second-order valence-electron chi connectivity index (χ2n) is 6.34. The number of carbonyl (C=O) groups is 2. The van der Waals surface area contributed by atoms with Crippen LogP contribution in [0.15, 0.2) is 29.1 Å². The standard InChI is InChI=1S/C19H23N3O5S/c1-25-17-9-13(3-4-16(17)27-10-15-11-28-12-20-15)18(23)21-14-5-7-22(8-6-14)19(24)26-2/h3-4,9,11-12,14H,5-8,10H2,1-2H3,(H,21,23). The van der Waals surface area contributed by atoms with Crippen LogP contribution in [-0.2, 0) is 11.3 Å². The molecule has 0 saturated carbocycles. The molecule has 0 atom stereocenters. The third-order valence-electron chi connectivity index (χ3n) is 4.55. The van der Waals surface area contributed by atoms with E-state index >= 15 is 0 Å². The molecule has 0 radical (unpaired) electrons. The Morgan fingerprint density at radius 2 is 2.04 bits per heavy atom. The van der Waals surface area contributed by atoms with Gasteiger partial charge >= 0.3 is 6.09 Å². The van der Waals surface area contributed by atoms with Crippen molar-refractivity contribution >= 4 is 23.3 Å². The van der Waals surface area contributed by atoms with E-state index in [2.05, 4.69) is 10.3 Å². The molecule has 0 aliphatic carbocycles. The fourth-order valence-electron chi connectivity index (χ4n) is 2.99. The molecule has 0 unspecified atom stereocenters. The second kappa shape index (κ2) is 9.41. The van der Waals surface area contributed by atoms with E-state index < -0.39 is 0 Å². The van der Waals surface area contributed by atoms with Gasteiger partial charge in [-0.1, -0.05) is 0 Å². The Morgan fingerprint density at radius 3 is 2.68 bits per heavy atom. The number of amides is 2. The quantitative estimate of drug-likeness (QED) is 0.795. The van der Waals surface area contributed by atoms with Crippen LogP contribution < -0.4 is 14.8 Å². The first kappa shape index (κ1) is 19.9. The van der Waals surface area contributed by atoms with Crippen LogP contribution in [0.1, 0.15) is 28.9 Å². The van der Waals surface area contributed by atoms with Crippen LogP contribution in [0.2, 0.25) is 0 Å². The zero-order valence-electron chi connectivity index (χ0n) is 15.8. The van der Waals surface area contributed by atoms with Crippen LogP contribution in [0.25, 0.3) is 0 Å². The van der Waals surface area contributed by atoms with Gasteiger partial charge in [0.2, 0.25) is 0 Å². The third-order valence-corrected chi connectivity index (χ3v) is 5.18. The zero-order valence-corrected chi connectivity index (χ0v) is 16.7. The SMILES string of the molecule is COC(=O)N1CCC(NC(=O)c2ccc(OCc3cscn3)c(OC)c2)CC1. The van der Waals surface area contributed by atoms with Crippen molar-refractivity contribution in [3.05, 3.63) is 40.3 Å². The molecular formula is C19H23N3O5S. The van der Waals surface area contributed by atoms with E-state index in [0.29, 0.717) is 49.6 Å². The fraction of sp³-hybridized carbons (Fsp3) is 0.421. The van der Waals surface area contributed by atoms with Crippen molar-refractivity contribution in [2.45, 2.75) is 25.5 Å². The minimum absolute atomic E-state index is 0.0139. The molecule has 1 aliphatic heterocycles. The van der Waals surface area contributed by atoms with Crippen LogP contribution in [0, 0.1) is 0 Å². The van der Waals surface area contributed by atoms with Gasteiger partial charge in [0.05, 0.1) is 25.4 Å². The summed E-state index contributed by atoms with van der Waals surface area (Å²) in [5, 5.41) is 4.93. The molecular weight excluding hydrogens is 382 g/mol. The molecule has 8 nitrogen and oxygen atoms in total. The zero-order chi connectivity index (χ0) is 19.9. The van der Waals surface area contributed by atoms with Gasteiger partial charge in [-0.15, -0.1) is 11.3 Å². The molecule has 1 saturated heterocycles. The minimum Gasteiger partial charge on any atom is -0.493 e. The van der Waals surface area contributed by atoms with Crippen LogP contribution in [0.5, 0.6) is 11.5 Å². The number of likely N-dealkylation sites (tertiary alicyclic amines) is 1. The largest absolute Gasteiger partial charge is 0.493 e. The second-order valence-corrected chi connectivity index (χ2v) is 7.06. The Balaban J connectivity index is 1.57. The fourth-order valence-corrected chi connectivity index (χ4v) is 3.54. The minimum atomic E-state index is -0.331. The number of methoxy groups -OCH3 is 2. The summed E-state index contributed by atoms with van der Waals surface area (Å²) in [6.07, 6.45) is 1.04. The summed E-state index contributed by atoms with van der Waals surface area (Å²) in [5.74, 6) is 0.864. The highest BCUT2D eigenvalue weighted by atomic mass is 32.1. The summed E-state index contributed by atoms with van der Waals surface area (Å²) < 4.78 is 15.8. The molecule has 3 rings (SSSR count). The van der Waals surface area contributed by atoms with Crippen molar-refractivity contribution in [2.75, 3.05) is 27.3 Å². The average molecular weight is 405 g/mol. The van der Waals surface area contributed by atoms with Gasteiger partial charge in [-0.3, -0.25) is 4.79 Å². The van der Waals surface area contributed by atoms with Gasteiger partial charge in [-0.05, 0) is 31.0 Å². The lowest BCUT2D eigenvalue weighted by molar-refractivity contribution is 0.0892. The van der Waals surface area contributed by atoms with Crippen LogP contribution in [-0.4, -0.2) is 55.2 Å². The van der Waals surface area contributed by atoms with Gasteiger partial charge in [0.25, 0.3) is 5.91 Å². The van der Waals surface area contributed by atoms with E-state index in [0.717, 1.165) is 5.69 Å². The van der Waals surface area contributed by atoms with E-state index in [1.165, 1.54) is 25.6 Å². The molecule has 28 heavy (non-hydrogen) atoms. The first-order valence-corrected chi connectivity index (χ1v) is 9.86. The number of hydrogen-bond donors (Lipinski definition) is 1. The molecule has 2 amide bonds. The van der Waals surface area contributed by atoms with Gasteiger partial charge < -0.3 is 24.4 Å². The molecule has 150 valence electrons. The number of hydrogen-bond acceptors (Lipinski definition) is 7. The monoisotopic (exact) mass is 405 g/mol. The summed E-state index contributed by atoms with van der Waals surface area (Å²) >= 11 is 1.51. The topological polar surface area (TPSA) is 90.0 Å². The van der Waals surface area contributed by atoms with E-state index in [9.17, 15) is 9.59 Å². The third kappa shape index (κ3) is 4.92. The molecule has 0 bridgehead atoms. The summed E-state index contributed by atoms with van der Waals surface area (Å²) in [7, 11) is 2.91. The van der Waals surface area contributed by atoms with Crippen molar-refractivity contribution in [1.29, 1.82) is 0 Å². The lowest BCUT2D eigenvalue weighted by atomic mass is 10.0. The maximum absolute atomic E-state index is 12.6. The molecule has 1 aromatic heterocycles. The maximum Gasteiger partial charge on any atom is 0.409 e. The number of ether oxygens (including phenoxy) is 3. The van der Waals surface area contributed by atoms with Gasteiger partial charge in [0, 0.05) is 30.1 Å². The van der Waals surface area contributed by atoms with Crippen molar-refractivity contribution < 1.29 is 23.8 Å². The Labute approximate surface area is 167 Å². The predicted octanol–water partition coefficient (Wildman–Crippen LogP) is 2.69. The van der Waals surface area contributed by atoms with Gasteiger partial charge in [-0.25, -0.2) is 9.78 Å². The van der Waals surface area contributed by atoms with Crippen LogP contribution in [0.4, 0.5) is 4.79 Å². The lowest BCUT2D eigenvalue weighted by Crippen LogP contribution is -2.46. The Kier molecular flexibility index (Phi) is 6.70. The molecule has 0 spiro atoms. The van der Waals surface area contributed by atoms with E-state index in [1.54, 1.807) is 28.6 Å². The molecule has 1 aliphatic rings. The molecule has 2 aromatic rings. The van der Waals surface area contributed by atoms with E-state index in [4.69, 9.17) is 14.2 Å². The number of nitrogens with zero attached hydrogens (tertiary/aromatic N) is 2. The Morgan fingerprint density at radius 1 is 1.25 bits per heavy atom. The van der Waals surface area contributed by atoms with Crippen molar-refractivity contribution in [3.63, 3.8) is 0 Å². The average Bonchev–Trinajstić information content (AvgIpc) is 3.25. The smallest absolute Gasteiger partial charge is 0.409 e. The highest BCUT2D eigenvalue weighted by Gasteiger charge is 2.24. The molecule has 2 heterocycles. The molecule has 1 fully saturated rings. The van der Waals surface area contributed by atoms with Gasteiger partial charge in [0.15, 0.2) is 11.5 Å². The molecule has 1 aromatic carbocycles. The van der Waals surface area contributed by atoms with Crippen molar-refractivity contribution in [1.82, 2.24) is 15.2 Å². The number of aromatic nitrogens is 1. The number of piperidine rings is 1. The first-order chi connectivity index (χ1) is 13.6. The normalized spacial score (nSPS) is 14.4. The highest BCUT2D eigenvalue weighted by Crippen LogP contribution is 2.29. The Hall–Kier alpha value is -2.81. The summed E-state index contributed by atoms with van der Waals surface area (Å²) in [6, 6.07) is 5.10. The molecule has 1 N–H and O–H groups in total.